The van der Waals surface area contributed by atoms with Crippen LogP contribution in [-0.2, 0) is 4.79 Å². The zero-order valence-electron chi connectivity index (χ0n) is 14.4. The van der Waals surface area contributed by atoms with Crippen LogP contribution in [0.2, 0.25) is 0 Å². The van der Waals surface area contributed by atoms with Crippen LogP contribution in [0.25, 0.3) is 0 Å². The third kappa shape index (κ3) is 4.73. The zero-order valence-corrected chi connectivity index (χ0v) is 14.4. The van der Waals surface area contributed by atoms with Gasteiger partial charge in [-0.1, -0.05) is 18.2 Å². The van der Waals surface area contributed by atoms with E-state index in [4.69, 9.17) is 9.47 Å². The van der Waals surface area contributed by atoms with Crippen molar-refractivity contribution in [3.05, 3.63) is 53.6 Å². The fourth-order valence-electron chi connectivity index (χ4n) is 2.22. The number of anilines is 1. The van der Waals surface area contributed by atoms with E-state index in [9.17, 15) is 14.7 Å². The minimum absolute atomic E-state index is 0.0269. The molecule has 0 bridgehead atoms. The first-order valence-corrected chi connectivity index (χ1v) is 7.66. The van der Waals surface area contributed by atoms with Gasteiger partial charge in [0, 0.05) is 11.3 Å². The maximum Gasteiger partial charge on any atom is 0.340 e. The second-order valence-corrected chi connectivity index (χ2v) is 5.08. The molecule has 2 rings (SSSR count). The molecule has 0 unspecified atom stereocenters. The Morgan fingerprint density at radius 1 is 1.12 bits per heavy atom. The van der Waals surface area contributed by atoms with E-state index in [0.717, 1.165) is 5.69 Å². The van der Waals surface area contributed by atoms with Crippen LogP contribution in [-0.4, -0.2) is 44.0 Å². The molecule has 136 valence electrons. The lowest BCUT2D eigenvalue weighted by Gasteiger charge is -2.12. The molecule has 2 aromatic carbocycles. The summed E-state index contributed by atoms with van der Waals surface area (Å²) in [5.41, 5.74) is 3.31. The van der Waals surface area contributed by atoms with Crippen molar-refractivity contribution in [3.63, 3.8) is 0 Å². The first-order chi connectivity index (χ1) is 12.6. The number of hydrogen-bond acceptors (Lipinski definition) is 6. The third-order valence-electron chi connectivity index (χ3n) is 3.41. The second-order valence-electron chi connectivity index (χ2n) is 5.08. The highest BCUT2D eigenvalue weighted by Crippen LogP contribution is 2.32. The molecule has 2 aromatic rings. The largest absolute Gasteiger partial charge is 0.493 e. The van der Waals surface area contributed by atoms with Crippen LogP contribution in [0.1, 0.15) is 15.9 Å². The van der Waals surface area contributed by atoms with Gasteiger partial charge in [0.15, 0.2) is 11.5 Å². The number of hydrazone groups is 1. The zero-order chi connectivity index (χ0) is 18.9. The SMILES string of the molecule is COc1ccc(/C=N\NC(=O)CNc2ccccc2)c(C(=O)O)c1OC. The number of carboxylic acid groups (broad SMARTS) is 1. The van der Waals surface area contributed by atoms with Gasteiger partial charge in [-0.25, -0.2) is 10.2 Å². The highest BCUT2D eigenvalue weighted by Gasteiger charge is 2.20. The lowest BCUT2D eigenvalue weighted by Crippen LogP contribution is -2.26. The van der Waals surface area contributed by atoms with E-state index in [1.165, 1.54) is 26.5 Å². The topological polar surface area (TPSA) is 109 Å². The summed E-state index contributed by atoms with van der Waals surface area (Å²) in [6.45, 7) is 0.0269. The molecule has 0 spiro atoms. The van der Waals surface area contributed by atoms with E-state index >= 15 is 0 Å². The molecule has 8 nitrogen and oxygen atoms in total. The van der Waals surface area contributed by atoms with Gasteiger partial charge in [0.25, 0.3) is 5.91 Å². The summed E-state index contributed by atoms with van der Waals surface area (Å²) < 4.78 is 10.2. The molecule has 0 atom stereocenters. The number of aromatic carboxylic acids is 1. The fraction of sp³-hybridized carbons (Fsp3) is 0.167. The van der Waals surface area contributed by atoms with E-state index in [2.05, 4.69) is 15.8 Å². The molecular weight excluding hydrogens is 338 g/mol. The summed E-state index contributed by atoms with van der Waals surface area (Å²) in [6, 6.07) is 12.3. The quantitative estimate of drug-likeness (QED) is 0.492. The van der Waals surface area contributed by atoms with Crippen molar-refractivity contribution in [1.82, 2.24) is 5.43 Å². The molecule has 0 aliphatic carbocycles. The number of benzene rings is 2. The van der Waals surface area contributed by atoms with Gasteiger partial charge in [-0.05, 0) is 24.3 Å². The Labute approximate surface area is 150 Å². The van der Waals surface area contributed by atoms with Gasteiger partial charge in [0.1, 0.15) is 5.56 Å². The Morgan fingerprint density at radius 2 is 1.85 bits per heavy atom. The molecule has 26 heavy (non-hydrogen) atoms. The number of para-hydroxylation sites is 1. The van der Waals surface area contributed by atoms with Gasteiger partial charge in [-0.3, -0.25) is 4.79 Å². The van der Waals surface area contributed by atoms with Crippen LogP contribution >= 0.6 is 0 Å². The Bertz CT molecular complexity index is 806. The van der Waals surface area contributed by atoms with Crippen molar-refractivity contribution in [3.8, 4) is 11.5 Å². The first-order valence-electron chi connectivity index (χ1n) is 7.66. The standard InChI is InChI=1S/C18H19N3O5/c1-25-14-9-8-12(16(18(23)24)17(14)26-2)10-20-21-15(22)11-19-13-6-4-3-5-7-13/h3-10,19H,11H2,1-2H3,(H,21,22)(H,23,24)/b20-10-. The average Bonchev–Trinajstić information content (AvgIpc) is 2.66. The van der Waals surface area contributed by atoms with Gasteiger partial charge in [0.05, 0.1) is 27.0 Å². The molecule has 8 heteroatoms. The summed E-state index contributed by atoms with van der Waals surface area (Å²) in [5, 5.41) is 16.2. The van der Waals surface area contributed by atoms with Crippen LogP contribution in [0.5, 0.6) is 11.5 Å². The van der Waals surface area contributed by atoms with Crippen molar-refractivity contribution in [1.29, 1.82) is 0 Å². The van der Waals surface area contributed by atoms with Gasteiger partial charge < -0.3 is 19.9 Å². The number of methoxy groups -OCH3 is 2. The number of rotatable bonds is 8. The molecule has 1 amide bonds. The maximum absolute atomic E-state index is 11.8. The van der Waals surface area contributed by atoms with E-state index in [-0.39, 0.29) is 35.1 Å². The number of carbonyl (C=O) groups is 2. The summed E-state index contributed by atoms with van der Waals surface area (Å²) >= 11 is 0. The van der Waals surface area contributed by atoms with Gasteiger partial charge in [-0.2, -0.15) is 5.10 Å². The lowest BCUT2D eigenvalue weighted by molar-refractivity contribution is -0.119. The number of amides is 1. The van der Waals surface area contributed by atoms with Crippen molar-refractivity contribution < 1.29 is 24.2 Å². The number of ether oxygens (including phenoxy) is 2. The van der Waals surface area contributed by atoms with Gasteiger partial charge in [-0.15, -0.1) is 0 Å². The number of carbonyl (C=O) groups excluding carboxylic acids is 1. The van der Waals surface area contributed by atoms with Gasteiger partial charge >= 0.3 is 5.97 Å². The number of hydrogen-bond donors (Lipinski definition) is 3. The lowest BCUT2D eigenvalue weighted by atomic mass is 10.1. The van der Waals surface area contributed by atoms with E-state index in [0.29, 0.717) is 0 Å². The molecule has 0 aliphatic heterocycles. The molecule has 0 aromatic heterocycles. The minimum Gasteiger partial charge on any atom is -0.493 e. The highest BCUT2D eigenvalue weighted by molar-refractivity contribution is 6.02. The predicted molar refractivity (Wildman–Crippen MR) is 97.2 cm³/mol. The normalized spacial score (nSPS) is 10.4. The molecule has 3 N–H and O–H groups in total. The monoisotopic (exact) mass is 357 g/mol. The summed E-state index contributed by atoms with van der Waals surface area (Å²) in [7, 11) is 2.76. The Hall–Kier alpha value is -3.55. The Morgan fingerprint density at radius 3 is 2.46 bits per heavy atom. The Balaban J connectivity index is 2.05. The molecule has 0 radical (unpaired) electrons. The second kappa shape index (κ2) is 9.07. The summed E-state index contributed by atoms with van der Waals surface area (Å²) in [6.07, 6.45) is 1.24. The van der Waals surface area contributed by atoms with Crippen LogP contribution < -0.4 is 20.2 Å². The number of nitrogens with one attached hydrogen (secondary N) is 2. The first kappa shape index (κ1) is 18.8. The van der Waals surface area contributed by atoms with E-state index in [1.807, 2.05) is 30.3 Å². The van der Waals surface area contributed by atoms with E-state index < -0.39 is 5.97 Å². The third-order valence-corrected chi connectivity index (χ3v) is 3.41. The van der Waals surface area contributed by atoms with Crippen LogP contribution in [0.4, 0.5) is 5.69 Å². The maximum atomic E-state index is 11.8. The predicted octanol–water partition coefficient (Wildman–Crippen LogP) is 1.96. The van der Waals surface area contributed by atoms with Crippen molar-refractivity contribution in [2.75, 3.05) is 26.1 Å². The number of carboxylic acids is 1. The molecule has 0 saturated carbocycles. The molecule has 0 aliphatic rings. The molecular formula is C18H19N3O5. The molecule has 0 heterocycles. The van der Waals surface area contributed by atoms with Crippen LogP contribution in [0.15, 0.2) is 47.6 Å². The smallest absolute Gasteiger partial charge is 0.340 e. The fourth-order valence-corrected chi connectivity index (χ4v) is 2.22. The number of nitrogens with zero attached hydrogens (tertiary/aromatic N) is 1. The van der Waals surface area contributed by atoms with Crippen LogP contribution in [0, 0.1) is 0 Å². The average molecular weight is 357 g/mol. The molecule has 0 saturated heterocycles. The molecule has 0 fully saturated rings. The van der Waals surface area contributed by atoms with Crippen molar-refractivity contribution >= 4 is 23.8 Å². The summed E-state index contributed by atoms with van der Waals surface area (Å²) in [4.78, 5) is 23.3. The Kier molecular flexibility index (Phi) is 6.55. The minimum atomic E-state index is -1.20. The highest BCUT2D eigenvalue weighted by atomic mass is 16.5. The van der Waals surface area contributed by atoms with Crippen molar-refractivity contribution in [2.45, 2.75) is 0 Å². The van der Waals surface area contributed by atoms with Crippen LogP contribution in [0.3, 0.4) is 0 Å². The van der Waals surface area contributed by atoms with E-state index in [1.54, 1.807) is 6.07 Å². The van der Waals surface area contributed by atoms with Gasteiger partial charge in [0.2, 0.25) is 0 Å². The van der Waals surface area contributed by atoms with Crippen molar-refractivity contribution in [2.24, 2.45) is 5.10 Å². The summed E-state index contributed by atoms with van der Waals surface area (Å²) in [5.74, 6) is -1.19.